The molecule has 1 saturated heterocycles. The summed E-state index contributed by atoms with van der Waals surface area (Å²) in [7, 11) is 0. The Kier molecular flexibility index (Phi) is 6.19. The van der Waals surface area contributed by atoms with E-state index < -0.39 is 23.7 Å². The van der Waals surface area contributed by atoms with Crippen molar-refractivity contribution in [1.29, 1.82) is 0 Å². The number of amides is 2. The summed E-state index contributed by atoms with van der Waals surface area (Å²) in [4.78, 5) is 29.2. The van der Waals surface area contributed by atoms with Gasteiger partial charge in [0.05, 0.1) is 5.92 Å². The van der Waals surface area contributed by atoms with Gasteiger partial charge in [-0.15, -0.1) is 0 Å². The van der Waals surface area contributed by atoms with Crippen LogP contribution >= 0.6 is 0 Å². The number of carbonyl (C=O) groups excluding carboxylic acids is 2. The van der Waals surface area contributed by atoms with E-state index in [2.05, 4.69) is 0 Å². The molecule has 0 N–H and O–H groups in total. The van der Waals surface area contributed by atoms with Crippen LogP contribution in [0.4, 0.5) is 4.79 Å². The zero-order chi connectivity index (χ0) is 24.3. The van der Waals surface area contributed by atoms with Gasteiger partial charge in [-0.3, -0.25) is 4.79 Å². The first kappa shape index (κ1) is 22.6. The second-order valence-electron chi connectivity index (χ2n) is 8.73. The summed E-state index contributed by atoms with van der Waals surface area (Å²) < 4.78 is 6.32. The maximum atomic E-state index is 14.1. The second kappa shape index (κ2) is 9.59. The highest BCUT2D eigenvalue weighted by Crippen LogP contribution is 2.53. The fourth-order valence-corrected chi connectivity index (χ4v) is 5.14. The van der Waals surface area contributed by atoms with Gasteiger partial charge in [0.25, 0.3) is 0 Å². The van der Waals surface area contributed by atoms with Crippen molar-refractivity contribution in [3.63, 3.8) is 0 Å². The minimum Gasteiger partial charge on any atom is -0.430 e. The van der Waals surface area contributed by atoms with E-state index in [0.717, 1.165) is 22.3 Å². The van der Waals surface area contributed by atoms with E-state index in [0.29, 0.717) is 6.42 Å². The molecule has 0 unspecified atom stereocenters. The highest BCUT2D eigenvalue weighted by atomic mass is 16.6. The van der Waals surface area contributed by atoms with Gasteiger partial charge in [-0.1, -0.05) is 128 Å². The third-order valence-corrected chi connectivity index (χ3v) is 6.75. The minimum atomic E-state index is -1.19. The first-order valence-corrected chi connectivity index (χ1v) is 11.9. The SMILES string of the molecule is CC[C@@H](C(=O)N1C(=O)OC(c2ccccc2)(c2ccccc2)[C@@H]1c1ccccc1)c1ccccc1. The molecular weight excluding hydrogens is 434 g/mol. The molecule has 1 fully saturated rings. The van der Waals surface area contributed by atoms with Crippen LogP contribution in [-0.4, -0.2) is 16.9 Å². The molecule has 0 spiro atoms. The van der Waals surface area contributed by atoms with Gasteiger partial charge in [0.1, 0.15) is 6.04 Å². The zero-order valence-electron chi connectivity index (χ0n) is 19.6. The Morgan fingerprint density at radius 2 is 1.23 bits per heavy atom. The van der Waals surface area contributed by atoms with Gasteiger partial charge >= 0.3 is 6.09 Å². The summed E-state index contributed by atoms with van der Waals surface area (Å²) in [6.45, 7) is 1.97. The minimum absolute atomic E-state index is 0.258. The third kappa shape index (κ3) is 3.91. The Hall–Kier alpha value is -4.18. The monoisotopic (exact) mass is 461 g/mol. The molecule has 1 aliphatic heterocycles. The highest BCUT2D eigenvalue weighted by Gasteiger charge is 2.59. The van der Waals surface area contributed by atoms with Gasteiger partial charge in [-0.2, -0.15) is 0 Å². The van der Waals surface area contributed by atoms with Crippen LogP contribution < -0.4 is 0 Å². The van der Waals surface area contributed by atoms with Crippen LogP contribution in [0, 0.1) is 0 Å². The third-order valence-electron chi connectivity index (χ3n) is 6.75. The molecule has 4 aromatic carbocycles. The number of nitrogens with zero attached hydrogens (tertiary/aromatic N) is 1. The van der Waals surface area contributed by atoms with Crippen molar-refractivity contribution in [2.75, 3.05) is 0 Å². The van der Waals surface area contributed by atoms with Crippen LogP contribution in [0.2, 0.25) is 0 Å². The lowest BCUT2D eigenvalue weighted by Crippen LogP contribution is -2.42. The summed E-state index contributed by atoms with van der Waals surface area (Å²) in [6, 6.07) is 38.1. The summed E-state index contributed by atoms with van der Waals surface area (Å²) in [5, 5.41) is 0. The van der Waals surface area contributed by atoms with Gasteiger partial charge in [-0.25, -0.2) is 9.69 Å². The number of carbonyl (C=O) groups is 2. The topological polar surface area (TPSA) is 46.6 Å². The highest BCUT2D eigenvalue weighted by molar-refractivity contribution is 5.98. The van der Waals surface area contributed by atoms with Crippen molar-refractivity contribution < 1.29 is 14.3 Å². The van der Waals surface area contributed by atoms with E-state index in [1.807, 2.05) is 128 Å². The lowest BCUT2D eigenvalue weighted by atomic mass is 9.77. The normalized spacial score (nSPS) is 17.6. The molecule has 4 aromatic rings. The molecule has 0 bridgehead atoms. The summed E-state index contributed by atoms with van der Waals surface area (Å²) >= 11 is 0. The Balaban J connectivity index is 1.73. The van der Waals surface area contributed by atoms with Crippen LogP contribution in [0.3, 0.4) is 0 Å². The van der Waals surface area contributed by atoms with E-state index in [9.17, 15) is 9.59 Å². The quantitative estimate of drug-likeness (QED) is 0.316. The molecule has 1 aliphatic rings. The molecule has 4 nitrogen and oxygen atoms in total. The Morgan fingerprint density at radius 3 is 1.71 bits per heavy atom. The number of hydrogen-bond acceptors (Lipinski definition) is 3. The molecule has 4 heteroatoms. The van der Waals surface area contributed by atoms with Gasteiger partial charge in [0.15, 0.2) is 5.60 Å². The number of ether oxygens (including phenoxy) is 1. The van der Waals surface area contributed by atoms with E-state index in [4.69, 9.17) is 4.74 Å². The lowest BCUT2D eigenvalue weighted by molar-refractivity contribution is -0.131. The van der Waals surface area contributed by atoms with Gasteiger partial charge in [-0.05, 0) is 17.5 Å². The van der Waals surface area contributed by atoms with Gasteiger partial charge < -0.3 is 4.74 Å². The predicted molar refractivity (Wildman–Crippen MR) is 136 cm³/mol. The van der Waals surface area contributed by atoms with Crippen molar-refractivity contribution >= 4 is 12.0 Å². The first-order chi connectivity index (χ1) is 17.2. The molecule has 1 heterocycles. The number of rotatable bonds is 6. The molecule has 2 atom stereocenters. The van der Waals surface area contributed by atoms with Crippen LogP contribution in [0.1, 0.15) is 47.6 Å². The van der Waals surface area contributed by atoms with Crippen LogP contribution in [0.5, 0.6) is 0 Å². The van der Waals surface area contributed by atoms with E-state index in [1.54, 1.807) is 0 Å². The molecule has 0 radical (unpaired) electrons. The molecule has 0 saturated carbocycles. The number of cyclic esters (lactones) is 1. The van der Waals surface area contributed by atoms with E-state index >= 15 is 0 Å². The molecule has 35 heavy (non-hydrogen) atoms. The fourth-order valence-electron chi connectivity index (χ4n) is 5.14. The average Bonchev–Trinajstić information content (AvgIpc) is 3.25. The smallest absolute Gasteiger partial charge is 0.418 e. The zero-order valence-corrected chi connectivity index (χ0v) is 19.6. The van der Waals surface area contributed by atoms with Gasteiger partial charge in [0, 0.05) is 11.1 Å². The molecular formula is C31H27NO3. The lowest BCUT2D eigenvalue weighted by Gasteiger charge is -2.36. The predicted octanol–water partition coefficient (Wildman–Crippen LogP) is 6.84. The Labute approximate surface area is 205 Å². The van der Waals surface area contributed by atoms with Crippen LogP contribution in [-0.2, 0) is 15.1 Å². The maximum absolute atomic E-state index is 14.1. The molecule has 2 amide bonds. The second-order valence-corrected chi connectivity index (χ2v) is 8.73. The largest absolute Gasteiger partial charge is 0.430 e. The molecule has 5 rings (SSSR count). The van der Waals surface area contributed by atoms with Crippen LogP contribution in [0.15, 0.2) is 121 Å². The van der Waals surface area contributed by atoms with E-state index in [-0.39, 0.29) is 5.91 Å². The summed E-state index contributed by atoms with van der Waals surface area (Å²) in [6.07, 6.45) is -0.0661. The number of hydrogen-bond donors (Lipinski definition) is 0. The van der Waals surface area contributed by atoms with E-state index in [1.165, 1.54) is 4.90 Å². The standard InChI is InChI=1S/C31H27NO3/c1-2-27(23-15-7-3-8-16-23)29(33)32-28(24-17-9-4-10-18-24)31(35-30(32)34,25-19-11-5-12-20-25)26-21-13-6-14-22-26/h3-22,27-28H,2H2,1H3/t27-,28+/m1/s1. The fraction of sp³-hybridized carbons (Fsp3) is 0.161. The summed E-state index contributed by atoms with van der Waals surface area (Å²) in [5.74, 6) is -0.719. The Bertz CT molecular complexity index is 1250. The van der Waals surface area contributed by atoms with Crippen molar-refractivity contribution in [2.45, 2.75) is 30.9 Å². The van der Waals surface area contributed by atoms with Crippen LogP contribution in [0.25, 0.3) is 0 Å². The van der Waals surface area contributed by atoms with Gasteiger partial charge in [0.2, 0.25) is 5.91 Å². The average molecular weight is 462 g/mol. The number of benzene rings is 4. The molecule has 0 aromatic heterocycles. The first-order valence-electron chi connectivity index (χ1n) is 11.9. The van der Waals surface area contributed by atoms with Crippen molar-refractivity contribution in [3.8, 4) is 0 Å². The molecule has 0 aliphatic carbocycles. The van der Waals surface area contributed by atoms with Crippen molar-refractivity contribution in [3.05, 3.63) is 144 Å². The molecule has 174 valence electrons. The Morgan fingerprint density at radius 1 is 0.771 bits per heavy atom. The maximum Gasteiger partial charge on any atom is 0.418 e. The number of imide groups is 1. The van der Waals surface area contributed by atoms with Crippen molar-refractivity contribution in [2.24, 2.45) is 0 Å². The summed E-state index contributed by atoms with van der Waals surface area (Å²) in [5.41, 5.74) is 2.16. The van der Waals surface area contributed by atoms with Crippen molar-refractivity contribution in [1.82, 2.24) is 4.90 Å².